The van der Waals surface area contributed by atoms with Crippen LogP contribution < -0.4 is 5.32 Å². The first kappa shape index (κ1) is 17.4. The summed E-state index contributed by atoms with van der Waals surface area (Å²) in [6.45, 7) is 9.26. The Hall–Kier alpha value is -0.610. The van der Waals surface area contributed by atoms with Crippen molar-refractivity contribution in [2.75, 3.05) is 26.3 Å². The zero-order valence-corrected chi connectivity index (χ0v) is 12.1. The van der Waals surface area contributed by atoms with E-state index < -0.39 is 5.97 Å². The van der Waals surface area contributed by atoms with Gasteiger partial charge in [-0.25, -0.2) is 0 Å². The zero-order valence-electron chi connectivity index (χ0n) is 12.1. The normalized spacial score (nSPS) is 12.9. The first-order valence-electron chi connectivity index (χ1n) is 7.09. The summed E-state index contributed by atoms with van der Waals surface area (Å²) in [7, 11) is 0. The number of unbranched alkanes of at least 4 members (excludes halogenated alkanes) is 1. The van der Waals surface area contributed by atoms with Gasteiger partial charge in [-0.3, -0.25) is 4.79 Å². The molecule has 4 heteroatoms. The van der Waals surface area contributed by atoms with Gasteiger partial charge in [-0.2, -0.15) is 0 Å². The first-order valence-corrected chi connectivity index (χ1v) is 7.09. The van der Waals surface area contributed by atoms with E-state index in [0.717, 1.165) is 32.4 Å². The number of carboxylic acid groups (broad SMARTS) is 1. The Morgan fingerprint density at radius 1 is 1.22 bits per heavy atom. The topological polar surface area (TPSA) is 58.6 Å². The summed E-state index contributed by atoms with van der Waals surface area (Å²) in [5.41, 5.74) is 0. The number of rotatable bonds is 12. The van der Waals surface area contributed by atoms with Crippen LogP contribution in [0.5, 0.6) is 0 Å². The first-order chi connectivity index (χ1) is 8.57. The van der Waals surface area contributed by atoms with Gasteiger partial charge in [0.15, 0.2) is 0 Å². The van der Waals surface area contributed by atoms with Gasteiger partial charge in [0.1, 0.15) is 0 Å². The Morgan fingerprint density at radius 3 is 2.44 bits per heavy atom. The van der Waals surface area contributed by atoms with Crippen molar-refractivity contribution in [2.24, 2.45) is 11.8 Å². The van der Waals surface area contributed by atoms with Crippen molar-refractivity contribution < 1.29 is 14.6 Å². The van der Waals surface area contributed by atoms with E-state index >= 15 is 0 Å². The van der Waals surface area contributed by atoms with Crippen molar-refractivity contribution in [3.05, 3.63) is 0 Å². The fourth-order valence-corrected chi connectivity index (χ4v) is 1.64. The molecule has 4 nitrogen and oxygen atoms in total. The third kappa shape index (κ3) is 10.5. The molecule has 0 amide bonds. The van der Waals surface area contributed by atoms with E-state index in [4.69, 9.17) is 9.84 Å². The number of nitrogens with one attached hydrogen (secondary N) is 1. The molecule has 2 N–H and O–H groups in total. The second kappa shape index (κ2) is 11.5. The summed E-state index contributed by atoms with van der Waals surface area (Å²) in [6, 6.07) is 0. The SMILES string of the molecule is CCCCOCCCC(CNCC(C)C)C(=O)O. The average molecular weight is 259 g/mol. The minimum absolute atomic E-state index is 0.293. The van der Waals surface area contributed by atoms with Crippen molar-refractivity contribution in [1.82, 2.24) is 5.32 Å². The van der Waals surface area contributed by atoms with Crippen molar-refractivity contribution in [2.45, 2.75) is 46.5 Å². The van der Waals surface area contributed by atoms with Gasteiger partial charge in [-0.05, 0) is 31.7 Å². The number of hydrogen-bond acceptors (Lipinski definition) is 3. The molecule has 0 radical (unpaired) electrons. The van der Waals surface area contributed by atoms with Crippen LogP contribution in [0, 0.1) is 11.8 Å². The number of carboxylic acids is 1. The molecule has 0 spiro atoms. The number of carbonyl (C=O) groups is 1. The molecule has 0 aliphatic rings. The maximum atomic E-state index is 11.1. The second-order valence-corrected chi connectivity index (χ2v) is 5.20. The number of aliphatic carboxylic acids is 1. The molecule has 108 valence electrons. The molecule has 0 rings (SSSR count). The van der Waals surface area contributed by atoms with E-state index in [9.17, 15) is 4.79 Å². The van der Waals surface area contributed by atoms with E-state index in [2.05, 4.69) is 26.1 Å². The van der Waals surface area contributed by atoms with E-state index in [1.165, 1.54) is 0 Å². The van der Waals surface area contributed by atoms with Crippen molar-refractivity contribution >= 4 is 5.97 Å². The van der Waals surface area contributed by atoms with E-state index in [-0.39, 0.29) is 5.92 Å². The molecule has 0 bridgehead atoms. The number of hydrogen-bond donors (Lipinski definition) is 2. The summed E-state index contributed by atoms with van der Waals surface area (Å²) in [4.78, 5) is 11.1. The van der Waals surface area contributed by atoms with Crippen LogP contribution in [0.25, 0.3) is 0 Å². The van der Waals surface area contributed by atoms with Crippen LogP contribution >= 0.6 is 0 Å². The quantitative estimate of drug-likeness (QED) is 0.529. The molecular formula is C14H29NO3. The maximum Gasteiger partial charge on any atom is 0.307 e. The maximum absolute atomic E-state index is 11.1. The third-order valence-electron chi connectivity index (χ3n) is 2.78. The van der Waals surface area contributed by atoms with Gasteiger partial charge < -0.3 is 15.2 Å². The van der Waals surface area contributed by atoms with E-state index in [1.54, 1.807) is 0 Å². The van der Waals surface area contributed by atoms with Crippen LogP contribution in [0.15, 0.2) is 0 Å². The highest BCUT2D eigenvalue weighted by atomic mass is 16.5. The van der Waals surface area contributed by atoms with Gasteiger partial charge in [0.25, 0.3) is 0 Å². The highest BCUT2D eigenvalue weighted by Crippen LogP contribution is 2.06. The Labute approximate surface area is 111 Å². The second-order valence-electron chi connectivity index (χ2n) is 5.20. The lowest BCUT2D eigenvalue weighted by Crippen LogP contribution is -2.31. The molecule has 1 unspecified atom stereocenters. The lowest BCUT2D eigenvalue weighted by molar-refractivity contribution is -0.141. The Balaban J connectivity index is 3.61. The van der Waals surface area contributed by atoms with Gasteiger partial charge in [-0.15, -0.1) is 0 Å². The average Bonchev–Trinajstić information content (AvgIpc) is 2.30. The minimum Gasteiger partial charge on any atom is -0.481 e. The predicted octanol–water partition coefficient (Wildman–Crippen LogP) is 2.53. The molecule has 18 heavy (non-hydrogen) atoms. The summed E-state index contributed by atoms with van der Waals surface area (Å²) >= 11 is 0. The molecule has 0 aromatic carbocycles. The minimum atomic E-state index is -0.709. The van der Waals surface area contributed by atoms with Gasteiger partial charge in [-0.1, -0.05) is 27.2 Å². The molecule has 0 aliphatic carbocycles. The third-order valence-corrected chi connectivity index (χ3v) is 2.78. The summed E-state index contributed by atoms with van der Waals surface area (Å²) in [5.74, 6) is -0.449. The van der Waals surface area contributed by atoms with Gasteiger partial charge in [0.05, 0.1) is 5.92 Å². The largest absolute Gasteiger partial charge is 0.481 e. The van der Waals surface area contributed by atoms with Gasteiger partial charge in [0, 0.05) is 19.8 Å². The molecule has 0 aromatic rings. The fraction of sp³-hybridized carbons (Fsp3) is 0.929. The lowest BCUT2D eigenvalue weighted by atomic mass is 10.0. The van der Waals surface area contributed by atoms with Crippen molar-refractivity contribution in [1.29, 1.82) is 0 Å². The standard InChI is InChI=1S/C14H29NO3/c1-4-5-8-18-9-6-7-13(14(16)17)11-15-10-12(2)3/h12-13,15H,4-11H2,1-3H3,(H,16,17). The van der Waals surface area contributed by atoms with Crippen LogP contribution in [0.3, 0.4) is 0 Å². The van der Waals surface area contributed by atoms with Crippen LogP contribution in [0.1, 0.15) is 46.5 Å². The summed E-state index contributed by atoms with van der Waals surface area (Å²) < 4.78 is 5.43. The zero-order chi connectivity index (χ0) is 13.8. The van der Waals surface area contributed by atoms with E-state index in [1.807, 2.05) is 0 Å². The van der Waals surface area contributed by atoms with Crippen LogP contribution in [0.4, 0.5) is 0 Å². The highest BCUT2D eigenvalue weighted by molar-refractivity contribution is 5.70. The molecule has 0 aliphatic heterocycles. The van der Waals surface area contributed by atoms with Crippen molar-refractivity contribution in [3.63, 3.8) is 0 Å². The monoisotopic (exact) mass is 259 g/mol. The number of ether oxygens (including phenoxy) is 1. The summed E-state index contributed by atoms with van der Waals surface area (Å²) in [6.07, 6.45) is 3.73. The van der Waals surface area contributed by atoms with Crippen LogP contribution in [-0.4, -0.2) is 37.4 Å². The lowest BCUT2D eigenvalue weighted by Gasteiger charge is -2.14. The van der Waals surface area contributed by atoms with E-state index in [0.29, 0.717) is 25.5 Å². The van der Waals surface area contributed by atoms with Crippen LogP contribution in [0.2, 0.25) is 0 Å². The smallest absolute Gasteiger partial charge is 0.307 e. The Kier molecular flexibility index (Phi) is 11.1. The van der Waals surface area contributed by atoms with Crippen LogP contribution in [-0.2, 0) is 9.53 Å². The van der Waals surface area contributed by atoms with Gasteiger partial charge >= 0.3 is 5.97 Å². The molecule has 0 saturated heterocycles. The highest BCUT2D eigenvalue weighted by Gasteiger charge is 2.16. The van der Waals surface area contributed by atoms with Crippen molar-refractivity contribution in [3.8, 4) is 0 Å². The molecular weight excluding hydrogens is 230 g/mol. The molecule has 0 aromatic heterocycles. The molecule has 0 saturated carbocycles. The van der Waals surface area contributed by atoms with Gasteiger partial charge in [0.2, 0.25) is 0 Å². The Morgan fingerprint density at radius 2 is 1.89 bits per heavy atom. The molecule has 0 heterocycles. The molecule has 1 atom stereocenters. The predicted molar refractivity (Wildman–Crippen MR) is 73.8 cm³/mol. The Bertz CT molecular complexity index is 207. The fourth-order valence-electron chi connectivity index (χ4n) is 1.64. The molecule has 0 fully saturated rings. The summed E-state index contributed by atoms with van der Waals surface area (Å²) in [5, 5.41) is 12.3.